The molecule has 1 atom stereocenters. The number of para-hydroxylation sites is 1. The first-order valence-electron chi connectivity index (χ1n) is 9.78. The SMILES string of the molecule is N#Cc1ccccc1NC(=O)C1CCCN(c2ccc(-c3ccc(Cl)cc3)nn2)C1. The lowest BCUT2D eigenvalue weighted by atomic mass is 9.97. The number of benzene rings is 2. The van der Waals surface area contributed by atoms with E-state index in [1.807, 2.05) is 42.5 Å². The molecule has 3 aromatic rings. The summed E-state index contributed by atoms with van der Waals surface area (Å²) >= 11 is 5.94. The zero-order valence-corrected chi connectivity index (χ0v) is 17.0. The number of nitriles is 1. The Hall–Kier alpha value is -3.43. The summed E-state index contributed by atoms with van der Waals surface area (Å²) in [4.78, 5) is 14.9. The number of amides is 1. The number of hydrogen-bond acceptors (Lipinski definition) is 5. The highest BCUT2D eigenvalue weighted by atomic mass is 35.5. The molecule has 1 fully saturated rings. The van der Waals surface area contributed by atoms with Crippen molar-refractivity contribution in [3.05, 3.63) is 71.2 Å². The van der Waals surface area contributed by atoms with E-state index >= 15 is 0 Å². The molecule has 150 valence electrons. The van der Waals surface area contributed by atoms with Crippen LogP contribution in [0.15, 0.2) is 60.7 Å². The van der Waals surface area contributed by atoms with E-state index in [9.17, 15) is 10.1 Å². The summed E-state index contributed by atoms with van der Waals surface area (Å²) < 4.78 is 0. The van der Waals surface area contributed by atoms with Gasteiger partial charge in [-0.2, -0.15) is 5.26 Å². The molecule has 1 saturated heterocycles. The van der Waals surface area contributed by atoms with Gasteiger partial charge in [0.1, 0.15) is 6.07 Å². The highest BCUT2D eigenvalue weighted by Crippen LogP contribution is 2.25. The Kier molecular flexibility index (Phi) is 5.92. The second-order valence-electron chi connectivity index (χ2n) is 7.22. The molecule has 0 bridgehead atoms. The standard InChI is InChI=1S/C23H20ClN5O/c24-19-9-7-16(8-10-19)21-11-12-22(28-27-21)29-13-3-5-18(15-29)23(30)26-20-6-2-1-4-17(20)14-25/h1-2,4,6-12,18H,3,5,13,15H2,(H,26,30). The number of nitrogens with one attached hydrogen (secondary N) is 1. The van der Waals surface area contributed by atoms with E-state index in [4.69, 9.17) is 11.6 Å². The minimum atomic E-state index is -0.178. The third-order valence-corrected chi connectivity index (χ3v) is 5.46. The van der Waals surface area contributed by atoms with Crippen LogP contribution in [0.3, 0.4) is 0 Å². The zero-order chi connectivity index (χ0) is 20.9. The number of nitrogens with zero attached hydrogens (tertiary/aromatic N) is 4. The minimum Gasteiger partial charge on any atom is -0.354 e. The summed E-state index contributed by atoms with van der Waals surface area (Å²) in [6.07, 6.45) is 1.69. The number of carbonyl (C=O) groups is 1. The number of piperidine rings is 1. The van der Waals surface area contributed by atoms with Crippen LogP contribution in [0.1, 0.15) is 18.4 Å². The summed E-state index contributed by atoms with van der Waals surface area (Å²) in [5.74, 6) is 0.499. The molecule has 6 nitrogen and oxygen atoms in total. The molecule has 4 rings (SSSR count). The van der Waals surface area contributed by atoms with Gasteiger partial charge in [0, 0.05) is 23.7 Å². The van der Waals surface area contributed by atoms with E-state index in [0.717, 1.165) is 36.5 Å². The fraction of sp³-hybridized carbons (Fsp3) is 0.217. The number of anilines is 2. The zero-order valence-electron chi connectivity index (χ0n) is 16.3. The molecule has 1 amide bonds. The summed E-state index contributed by atoms with van der Waals surface area (Å²) in [6.45, 7) is 1.39. The summed E-state index contributed by atoms with van der Waals surface area (Å²) in [7, 11) is 0. The number of rotatable bonds is 4. The Balaban J connectivity index is 1.44. The number of halogens is 1. The van der Waals surface area contributed by atoms with Crippen molar-refractivity contribution in [1.29, 1.82) is 5.26 Å². The van der Waals surface area contributed by atoms with Gasteiger partial charge >= 0.3 is 0 Å². The summed E-state index contributed by atoms with van der Waals surface area (Å²) in [6, 6.07) is 20.5. The van der Waals surface area contributed by atoms with Crippen LogP contribution in [0.5, 0.6) is 0 Å². The van der Waals surface area contributed by atoms with E-state index < -0.39 is 0 Å². The van der Waals surface area contributed by atoms with E-state index in [1.54, 1.807) is 18.2 Å². The molecule has 1 N–H and O–H groups in total. The van der Waals surface area contributed by atoms with Crippen molar-refractivity contribution in [2.75, 3.05) is 23.3 Å². The third-order valence-electron chi connectivity index (χ3n) is 5.21. The van der Waals surface area contributed by atoms with Gasteiger partial charge in [-0.1, -0.05) is 35.9 Å². The van der Waals surface area contributed by atoms with E-state index in [2.05, 4.69) is 26.5 Å². The van der Waals surface area contributed by atoms with Crippen LogP contribution >= 0.6 is 11.6 Å². The molecule has 1 unspecified atom stereocenters. The van der Waals surface area contributed by atoms with Crippen LogP contribution < -0.4 is 10.2 Å². The van der Waals surface area contributed by atoms with Crippen molar-refractivity contribution < 1.29 is 4.79 Å². The molecule has 0 saturated carbocycles. The first-order chi connectivity index (χ1) is 14.6. The largest absolute Gasteiger partial charge is 0.354 e. The lowest BCUT2D eigenvalue weighted by Crippen LogP contribution is -2.41. The van der Waals surface area contributed by atoms with Crippen molar-refractivity contribution in [2.45, 2.75) is 12.8 Å². The topological polar surface area (TPSA) is 81.9 Å². The third kappa shape index (κ3) is 4.42. The van der Waals surface area contributed by atoms with Gasteiger partial charge in [0.15, 0.2) is 5.82 Å². The van der Waals surface area contributed by atoms with Gasteiger partial charge in [0.05, 0.1) is 22.9 Å². The average molecular weight is 418 g/mol. The Morgan fingerprint density at radius 1 is 1.10 bits per heavy atom. The number of carbonyl (C=O) groups excluding carboxylic acids is 1. The van der Waals surface area contributed by atoms with Crippen LogP contribution in [0, 0.1) is 17.2 Å². The van der Waals surface area contributed by atoms with Crippen LogP contribution in [0.4, 0.5) is 11.5 Å². The quantitative estimate of drug-likeness (QED) is 0.674. The molecule has 30 heavy (non-hydrogen) atoms. The normalized spacial score (nSPS) is 16.0. The minimum absolute atomic E-state index is 0.0758. The van der Waals surface area contributed by atoms with Gasteiger partial charge in [-0.25, -0.2) is 0 Å². The molecule has 0 radical (unpaired) electrons. The Morgan fingerprint density at radius 3 is 2.63 bits per heavy atom. The molecule has 0 spiro atoms. The van der Waals surface area contributed by atoms with Gasteiger partial charge in [-0.3, -0.25) is 4.79 Å². The van der Waals surface area contributed by atoms with Crippen molar-refractivity contribution in [1.82, 2.24) is 10.2 Å². The Labute approximate surface area is 180 Å². The molecule has 7 heteroatoms. The van der Waals surface area contributed by atoms with Gasteiger partial charge in [-0.15, -0.1) is 10.2 Å². The van der Waals surface area contributed by atoms with Crippen LogP contribution in [0.25, 0.3) is 11.3 Å². The smallest absolute Gasteiger partial charge is 0.229 e. The van der Waals surface area contributed by atoms with Gasteiger partial charge in [-0.05, 0) is 49.2 Å². The molecule has 1 aliphatic rings. The summed E-state index contributed by atoms with van der Waals surface area (Å²) in [5, 5.41) is 21.5. The van der Waals surface area contributed by atoms with Crippen LogP contribution in [-0.2, 0) is 4.79 Å². The lowest BCUT2D eigenvalue weighted by molar-refractivity contribution is -0.120. The maximum absolute atomic E-state index is 12.8. The van der Waals surface area contributed by atoms with Crippen molar-refractivity contribution >= 4 is 29.0 Å². The molecule has 1 aliphatic heterocycles. The maximum Gasteiger partial charge on any atom is 0.229 e. The first kappa shape index (κ1) is 19.9. The monoisotopic (exact) mass is 417 g/mol. The van der Waals surface area contributed by atoms with E-state index in [1.165, 1.54) is 0 Å². The van der Waals surface area contributed by atoms with E-state index in [-0.39, 0.29) is 11.8 Å². The van der Waals surface area contributed by atoms with Crippen LogP contribution in [-0.4, -0.2) is 29.2 Å². The molecule has 2 aromatic carbocycles. The van der Waals surface area contributed by atoms with E-state index in [0.29, 0.717) is 22.8 Å². The maximum atomic E-state index is 12.8. The van der Waals surface area contributed by atoms with Gasteiger partial charge < -0.3 is 10.2 Å². The number of aromatic nitrogens is 2. The van der Waals surface area contributed by atoms with Crippen LogP contribution in [0.2, 0.25) is 5.02 Å². The van der Waals surface area contributed by atoms with Crippen molar-refractivity contribution in [3.8, 4) is 17.3 Å². The predicted octanol–water partition coefficient (Wildman–Crippen LogP) is 4.52. The fourth-order valence-corrected chi connectivity index (χ4v) is 3.72. The molecule has 2 heterocycles. The average Bonchev–Trinajstić information content (AvgIpc) is 2.80. The van der Waals surface area contributed by atoms with Crippen molar-refractivity contribution in [3.63, 3.8) is 0 Å². The van der Waals surface area contributed by atoms with Gasteiger partial charge in [0.25, 0.3) is 0 Å². The molecule has 1 aromatic heterocycles. The molecular weight excluding hydrogens is 398 g/mol. The first-order valence-corrected chi connectivity index (χ1v) is 10.2. The lowest BCUT2D eigenvalue weighted by Gasteiger charge is -2.32. The predicted molar refractivity (Wildman–Crippen MR) is 117 cm³/mol. The Bertz CT molecular complexity index is 1080. The molecule has 0 aliphatic carbocycles. The number of hydrogen-bond donors (Lipinski definition) is 1. The second kappa shape index (κ2) is 8.93. The fourth-order valence-electron chi connectivity index (χ4n) is 3.59. The highest BCUT2D eigenvalue weighted by Gasteiger charge is 2.27. The molecular formula is C23H20ClN5O. The highest BCUT2D eigenvalue weighted by molar-refractivity contribution is 6.30. The summed E-state index contributed by atoms with van der Waals surface area (Å²) in [5.41, 5.74) is 2.73. The van der Waals surface area contributed by atoms with Gasteiger partial charge in [0.2, 0.25) is 5.91 Å². The Morgan fingerprint density at radius 2 is 1.90 bits per heavy atom. The second-order valence-corrected chi connectivity index (χ2v) is 7.65. The van der Waals surface area contributed by atoms with Crippen molar-refractivity contribution in [2.24, 2.45) is 5.92 Å².